The normalized spacial score (nSPS) is 15.5. The fourth-order valence-electron chi connectivity index (χ4n) is 5.92. The first-order valence-electron chi connectivity index (χ1n) is 15.0. The molecule has 2 aliphatic rings. The average molecular weight is 657 g/mol. The Morgan fingerprint density at radius 1 is 1.00 bits per heavy atom. The smallest absolute Gasteiger partial charge is 0.210 e. The SMILES string of the molecule is CNc1cc2c(cc1C=N)-c1nc(-c3cc4n(n3)CCN(C=O)C4)c(c3sccc13)-c1c(F)cc(F)cc1OCCOC/C=C/CO2. The quantitative estimate of drug-likeness (QED) is 0.136. The van der Waals surface area contributed by atoms with Gasteiger partial charge in [-0.2, -0.15) is 5.10 Å². The summed E-state index contributed by atoms with van der Waals surface area (Å²) in [5.74, 6) is -1.05. The van der Waals surface area contributed by atoms with E-state index in [-0.39, 0.29) is 31.1 Å². The molecular formula is C34H30F2N6O4S. The maximum atomic E-state index is 16.1. The van der Waals surface area contributed by atoms with Crippen LogP contribution in [0.25, 0.3) is 43.9 Å². The Balaban J connectivity index is 1.56. The molecule has 2 aromatic carbocycles. The second-order valence-corrected chi connectivity index (χ2v) is 11.9. The highest BCUT2D eigenvalue weighted by Crippen LogP contribution is 2.48. The van der Waals surface area contributed by atoms with Crippen LogP contribution in [0.4, 0.5) is 14.5 Å². The van der Waals surface area contributed by atoms with Crippen molar-refractivity contribution in [3.63, 3.8) is 0 Å². The van der Waals surface area contributed by atoms with E-state index in [1.165, 1.54) is 23.6 Å². The first kappa shape index (κ1) is 30.5. The molecule has 0 fully saturated rings. The number of amides is 1. The van der Waals surface area contributed by atoms with Gasteiger partial charge in [-0.25, -0.2) is 13.8 Å². The number of thiophene rings is 1. The monoisotopic (exact) mass is 656 g/mol. The average Bonchev–Trinajstić information content (AvgIpc) is 3.74. The number of hydrogen-bond donors (Lipinski definition) is 2. The molecule has 5 aromatic rings. The molecule has 0 aliphatic carbocycles. The van der Waals surface area contributed by atoms with E-state index in [1.807, 2.05) is 46.5 Å². The van der Waals surface area contributed by atoms with Crippen LogP contribution in [0, 0.1) is 17.0 Å². The van der Waals surface area contributed by atoms with Gasteiger partial charge in [-0.05, 0) is 29.7 Å². The Labute approximate surface area is 272 Å². The molecule has 0 saturated heterocycles. The topological polar surface area (TPSA) is 115 Å². The summed E-state index contributed by atoms with van der Waals surface area (Å²) in [4.78, 5) is 18.4. The Morgan fingerprint density at radius 2 is 1.87 bits per heavy atom. The van der Waals surface area contributed by atoms with Gasteiger partial charge in [-0.1, -0.05) is 6.08 Å². The molecule has 13 heteroatoms. The van der Waals surface area contributed by atoms with Crippen LogP contribution in [0.15, 0.2) is 53.9 Å². The third-order valence-electron chi connectivity index (χ3n) is 8.13. The molecule has 2 bridgehead atoms. The van der Waals surface area contributed by atoms with Crippen molar-refractivity contribution in [3.05, 3.63) is 76.8 Å². The van der Waals surface area contributed by atoms with Gasteiger partial charge < -0.3 is 29.8 Å². The van der Waals surface area contributed by atoms with E-state index in [2.05, 4.69) is 5.32 Å². The number of hydrogen-bond acceptors (Lipinski definition) is 9. The molecule has 0 unspecified atom stereocenters. The number of fused-ring (bicyclic) bond motifs is 11. The Hall–Kier alpha value is -5.14. The van der Waals surface area contributed by atoms with Crippen molar-refractivity contribution in [3.8, 4) is 45.3 Å². The van der Waals surface area contributed by atoms with Gasteiger partial charge in [0.15, 0.2) is 0 Å². The van der Waals surface area contributed by atoms with Gasteiger partial charge in [0.2, 0.25) is 6.41 Å². The summed E-state index contributed by atoms with van der Waals surface area (Å²) in [6.45, 7) is 2.12. The molecule has 240 valence electrons. The second-order valence-electron chi connectivity index (χ2n) is 11.0. The van der Waals surface area contributed by atoms with Crippen molar-refractivity contribution in [1.29, 1.82) is 5.41 Å². The summed E-state index contributed by atoms with van der Waals surface area (Å²) in [6, 6.07) is 9.42. The van der Waals surface area contributed by atoms with E-state index in [4.69, 9.17) is 29.7 Å². The van der Waals surface area contributed by atoms with Crippen molar-refractivity contribution in [2.75, 3.05) is 45.3 Å². The lowest BCUT2D eigenvalue weighted by Crippen LogP contribution is -2.32. The molecule has 0 saturated carbocycles. The summed E-state index contributed by atoms with van der Waals surface area (Å²) in [5, 5.41) is 18.7. The number of halogens is 2. The minimum atomic E-state index is -0.808. The molecule has 0 spiro atoms. The standard InChI is InChI=1S/C34H30F2N6O4S/c1-38-26-16-28-24(12-20(26)17-37)32-23-4-11-47-34(23)31(33(39-32)27-15-22-18-41(19-43)5-6-42(22)40-27)30-25(36)13-21(35)14-29(30)46-10-9-44-7-2-3-8-45-28/h2-4,11-17,19,37-38H,5-10,18H2,1H3/b3-2+,37-17?. The number of aromatic nitrogens is 3. The summed E-state index contributed by atoms with van der Waals surface area (Å²) >= 11 is 1.39. The van der Waals surface area contributed by atoms with Gasteiger partial charge in [0.05, 0.1) is 43.3 Å². The number of anilines is 1. The molecule has 47 heavy (non-hydrogen) atoms. The number of nitrogens with zero attached hydrogens (tertiary/aromatic N) is 4. The van der Waals surface area contributed by atoms with Gasteiger partial charge in [-0.3, -0.25) is 9.48 Å². The van der Waals surface area contributed by atoms with Crippen LogP contribution in [0.5, 0.6) is 11.5 Å². The molecule has 2 N–H and O–H groups in total. The lowest BCUT2D eigenvalue weighted by molar-refractivity contribution is -0.119. The van der Waals surface area contributed by atoms with Crippen LogP contribution < -0.4 is 14.8 Å². The number of pyridine rings is 1. The molecule has 10 nitrogen and oxygen atoms in total. The Kier molecular flexibility index (Phi) is 8.39. The van der Waals surface area contributed by atoms with Crippen LogP contribution in [0.2, 0.25) is 0 Å². The number of nitrogens with one attached hydrogen (secondary N) is 2. The number of carbonyl (C=O) groups is 1. The predicted molar refractivity (Wildman–Crippen MR) is 176 cm³/mol. The minimum Gasteiger partial charge on any atom is -0.490 e. The van der Waals surface area contributed by atoms with Crippen molar-refractivity contribution in [1.82, 2.24) is 19.7 Å². The zero-order valence-corrected chi connectivity index (χ0v) is 26.2. The lowest BCUT2D eigenvalue weighted by atomic mass is 9.95. The van der Waals surface area contributed by atoms with Crippen molar-refractivity contribution in [2.24, 2.45) is 0 Å². The molecule has 2 aliphatic heterocycles. The first-order chi connectivity index (χ1) is 23.0. The van der Waals surface area contributed by atoms with E-state index < -0.39 is 11.6 Å². The number of benzene rings is 2. The van der Waals surface area contributed by atoms with Gasteiger partial charge in [0.25, 0.3) is 0 Å². The second kappa shape index (κ2) is 12.9. The summed E-state index contributed by atoms with van der Waals surface area (Å²) in [5.41, 5.74) is 4.56. The van der Waals surface area contributed by atoms with E-state index >= 15 is 4.39 Å². The highest BCUT2D eigenvalue weighted by molar-refractivity contribution is 7.18. The molecule has 0 radical (unpaired) electrons. The minimum absolute atomic E-state index is 0.0149. The van der Waals surface area contributed by atoms with Crippen LogP contribution in [0.1, 0.15) is 11.3 Å². The summed E-state index contributed by atoms with van der Waals surface area (Å²) in [7, 11) is 1.77. The highest BCUT2D eigenvalue weighted by atomic mass is 32.1. The molecule has 3 aromatic heterocycles. The molecular weight excluding hydrogens is 626 g/mol. The van der Waals surface area contributed by atoms with Crippen LogP contribution in [0.3, 0.4) is 0 Å². The van der Waals surface area contributed by atoms with Gasteiger partial charge >= 0.3 is 0 Å². The molecule has 5 heterocycles. The molecule has 7 rings (SSSR count). The highest BCUT2D eigenvalue weighted by Gasteiger charge is 2.29. The Morgan fingerprint density at radius 3 is 2.70 bits per heavy atom. The van der Waals surface area contributed by atoms with Crippen LogP contribution in [-0.2, 0) is 22.6 Å². The maximum Gasteiger partial charge on any atom is 0.210 e. The molecule has 1 amide bonds. The zero-order chi connectivity index (χ0) is 32.5. The summed E-state index contributed by atoms with van der Waals surface area (Å²) in [6.07, 6.45) is 5.73. The van der Waals surface area contributed by atoms with Crippen molar-refractivity contribution < 1.29 is 27.8 Å². The van der Waals surface area contributed by atoms with E-state index in [1.54, 1.807) is 11.9 Å². The van der Waals surface area contributed by atoms with E-state index in [0.29, 0.717) is 81.5 Å². The molecule has 0 atom stereocenters. The largest absolute Gasteiger partial charge is 0.490 e. The van der Waals surface area contributed by atoms with Gasteiger partial charge in [0, 0.05) is 70.5 Å². The third kappa shape index (κ3) is 5.72. The Bertz CT molecular complexity index is 2040. The van der Waals surface area contributed by atoms with Gasteiger partial charge in [-0.15, -0.1) is 11.3 Å². The number of carbonyl (C=O) groups excluding carboxylic acids is 1. The number of ether oxygens (including phenoxy) is 3. The summed E-state index contributed by atoms with van der Waals surface area (Å²) < 4.78 is 51.3. The van der Waals surface area contributed by atoms with E-state index in [9.17, 15) is 9.18 Å². The van der Waals surface area contributed by atoms with Crippen LogP contribution in [-0.4, -0.2) is 72.3 Å². The number of rotatable bonds is 4. The van der Waals surface area contributed by atoms with Crippen molar-refractivity contribution >= 4 is 39.7 Å². The third-order valence-corrected chi connectivity index (χ3v) is 9.06. The van der Waals surface area contributed by atoms with Crippen molar-refractivity contribution in [2.45, 2.75) is 13.1 Å². The zero-order valence-electron chi connectivity index (χ0n) is 25.4. The van der Waals surface area contributed by atoms with Gasteiger partial charge in [0.1, 0.15) is 47.7 Å². The fraction of sp³-hybridized carbons (Fsp3) is 0.235. The first-order valence-corrected chi connectivity index (χ1v) is 15.9. The predicted octanol–water partition coefficient (Wildman–Crippen LogP) is 6.13. The van der Waals surface area contributed by atoms with Crippen LogP contribution >= 0.6 is 11.3 Å². The van der Waals surface area contributed by atoms with E-state index in [0.717, 1.165) is 18.2 Å². The lowest BCUT2D eigenvalue weighted by Gasteiger charge is -2.23. The fourth-order valence-corrected chi connectivity index (χ4v) is 6.87. The maximum absolute atomic E-state index is 16.1.